The summed E-state index contributed by atoms with van der Waals surface area (Å²) < 4.78 is 27.8. The number of rotatable bonds is 7. The van der Waals surface area contributed by atoms with Crippen molar-refractivity contribution in [2.45, 2.75) is 18.7 Å². The molecule has 0 radical (unpaired) electrons. The Morgan fingerprint density at radius 1 is 0.938 bits per heavy atom. The van der Waals surface area contributed by atoms with Crippen LogP contribution in [0.5, 0.6) is 0 Å². The number of benzene rings is 3. The van der Waals surface area contributed by atoms with Crippen LogP contribution in [-0.4, -0.2) is 19.2 Å². The average molecular weight is 452 g/mol. The number of nitrogens with zero attached hydrogens (tertiary/aromatic N) is 1. The van der Waals surface area contributed by atoms with E-state index < -0.39 is 20.9 Å². The smallest absolute Gasteiger partial charge is 0.270 e. The zero-order valence-corrected chi connectivity index (χ0v) is 18.2. The van der Waals surface area contributed by atoms with Crippen LogP contribution in [0.15, 0.2) is 77.7 Å². The van der Waals surface area contributed by atoms with Crippen molar-refractivity contribution in [2.24, 2.45) is 0 Å². The van der Waals surface area contributed by atoms with Gasteiger partial charge < -0.3 is 5.32 Å². The van der Waals surface area contributed by atoms with E-state index in [1.54, 1.807) is 18.2 Å². The third-order valence-electron chi connectivity index (χ3n) is 4.70. The summed E-state index contributed by atoms with van der Waals surface area (Å²) >= 11 is 0. The average Bonchev–Trinajstić information content (AvgIpc) is 2.75. The normalized spacial score (nSPS) is 11.3. The van der Waals surface area contributed by atoms with E-state index in [4.69, 9.17) is 0 Å². The molecule has 0 aliphatic rings. The van der Waals surface area contributed by atoms with Gasteiger partial charge in [0, 0.05) is 29.6 Å². The maximum Gasteiger partial charge on any atom is 0.270 e. The number of hydrogen-bond donors (Lipinski definition) is 2. The van der Waals surface area contributed by atoms with Crippen LogP contribution < -0.4 is 10.0 Å². The van der Waals surface area contributed by atoms with E-state index in [2.05, 4.69) is 10.0 Å². The van der Waals surface area contributed by atoms with Crippen molar-refractivity contribution < 1.29 is 18.1 Å². The van der Waals surface area contributed by atoms with E-state index in [1.165, 1.54) is 54.6 Å². The van der Waals surface area contributed by atoms with Crippen molar-refractivity contribution in [1.82, 2.24) is 0 Å². The van der Waals surface area contributed by atoms with Crippen molar-refractivity contribution in [3.05, 3.63) is 99.6 Å². The Balaban J connectivity index is 1.65. The molecule has 0 heterocycles. The maximum absolute atomic E-state index is 12.6. The lowest BCUT2D eigenvalue weighted by atomic mass is 10.1. The molecule has 3 rings (SSSR count). The second-order valence-electron chi connectivity index (χ2n) is 7.10. The quantitative estimate of drug-likeness (QED) is 0.308. The number of hydrogen-bond acceptors (Lipinski definition) is 5. The number of sulfonamides is 1. The van der Waals surface area contributed by atoms with Gasteiger partial charge in [0.15, 0.2) is 0 Å². The van der Waals surface area contributed by atoms with Crippen LogP contribution >= 0.6 is 0 Å². The van der Waals surface area contributed by atoms with Crippen LogP contribution in [0.4, 0.5) is 17.1 Å². The van der Waals surface area contributed by atoms with Gasteiger partial charge in [0.05, 0.1) is 9.82 Å². The molecule has 3 aromatic rings. The molecule has 164 valence electrons. The summed E-state index contributed by atoms with van der Waals surface area (Å²) in [5.74, 6) is -0.458. The molecule has 0 fully saturated rings. The number of amides is 1. The van der Waals surface area contributed by atoms with Gasteiger partial charge in [0.25, 0.3) is 15.7 Å². The van der Waals surface area contributed by atoms with Crippen LogP contribution in [0.1, 0.15) is 16.7 Å². The fourth-order valence-electron chi connectivity index (χ4n) is 2.83. The number of aryl methyl sites for hydroxylation is 2. The fourth-order valence-corrected chi connectivity index (χ4v) is 3.88. The van der Waals surface area contributed by atoms with Crippen molar-refractivity contribution >= 4 is 39.1 Å². The highest BCUT2D eigenvalue weighted by Gasteiger charge is 2.14. The summed E-state index contributed by atoms with van der Waals surface area (Å²) in [4.78, 5) is 22.5. The lowest BCUT2D eigenvalue weighted by Crippen LogP contribution is -2.13. The molecule has 0 aliphatic heterocycles. The molecule has 0 spiro atoms. The van der Waals surface area contributed by atoms with Crippen LogP contribution in [0.25, 0.3) is 6.08 Å². The van der Waals surface area contributed by atoms with E-state index in [0.717, 1.165) is 11.1 Å². The number of carbonyl (C=O) groups excluding carboxylic acids is 1. The van der Waals surface area contributed by atoms with Crippen LogP contribution in [0.2, 0.25) is 0 Å². The van der Waals surface area contributed by atoms with Gasteiger partial charge in [-0.2, -0.15) is 0 Å². The molecule has 0 atom stereocenters. The summed E-state index contributed by atoms with van der Waals surface area (Å²) in [6, 6.07) is 16.9. The zero-order valence-electron chi connectivity index (χ0n) is 17.4. The van der Waals surface area contributed by atoms with E-state index in [0.29, 0.717) is 16.9 Å². The van der Waals surface area contributed by atoms with Gasteiger partial charge in [-0.25, -0.2) is 8.42 Å². The fraction of sp³-hybridized carbons (Fsp3) is 0.0870. The second kappa shape index (κ2) is 9.44. The minimum atomic E-state index is -3.78. The molecular weight excluding hydrogens is 430 g/mol. The Kier molecular flexibility index (Phi) is 6.70. The van der Waals surface area contributed by atoms with Crippen LogP contribution in [0.3, 0.4) is 0 Å². The first-order chi connectivity index (χ1) is 15.1. The largest absolute Gasteiger partial charge is 0.323 e. The Morgan fingerprint density at radius 2 is 1.62 bits per heavy atom. The summed E-state index contributed by atoms with van der Waals surface area (Å²) in [7, 11) is -3.78. The predicted octanol–water partition coefficient (Wildman–Crippen LogP) is 4.66. The van der Waals surface area contributed by atoms with E-state index >= 15 is 0 Å². The Morgan fingerprint density at radius 3 is 2.28 bits per heavy atom. The minimum Gasteiger partial charge on any atom is -0.323 e. The van der Waals surface area contributed by atoms with Crippen LogP contribution in [0, 0.1) is 24.0 Å². The van der Waals surface area contributed by atoms with Crippen molar-refractivity contribution in [3.8, 4) is 0 Å². The van der Waals surface area contributed by atoms with Crippen LogP contribution in [-0.2, 0) is 14.8 Å². The molecule has 3 aromatic carbocycles. The predicted molar refractivity (Wildman–Crippen MR) is 124 cm³/mol. The van der Waals surface area contributed by atoms with Gasteiger partial charge >= 0.3 is 0 Å². The topological polar surface area (TPSA) is 118 Å². The molecular formula is C23H21N3O5S. The Labute approximate surface area is 185 Å². The lowest BCUT2D eigenvalue weighted by Gasteiger charge is -2.10. The maximum atomic E-state index is 12.6. The highest BCUT2D eigenvalue weighted by atomic mass is 32.2. The third kappa shape index (κ3) is 5.79. The Bertz CT molecular complexity index is 1300. The monoisotopic (exact) mass is 451 g/mol. The van der Waals surface area contributed by atoms with Gasteiger partial charge in [-0.15, -0.1) is 0 Å². The van der Waals surface area contributed by atoms with Crippen molar-refractivity contribution in [2.75, 3.05) is 10.0 Å². The summed E-state index contributed by atoms with van der Waals surface area (Å²) in [6.07, 6.45) is 2.69. The van der Waals surface area contributed by atoms with Gasteiger partial charge in [-0.3, -0.25) is 19.6 Å². The van der Waals surface area contributed by atoms with Gasteiger partial charge in [-0.05, 0) is 73.0 Å². The first-order valence-electron chi connectivity index (χ1n) is 9.58. The molecule has 8 nitrogen and oxygen atoms in total. The zero-order chi connectivity index (χ0) is 23.3. The molecule has 32 heavy (non-hydrogen) atoms. The van der Waals surface area contributed by atoms with E-state index in [1.807, 2.05) is 19.9 Å². The Hall–Kier alpha value is -3.98. The number of nitro groups is 1. The number of carbonyl (C=O) groups is 1. The first-order valence-corrected chi connectivity index (χ1v) is 11.1. The molecule has 0 saturated heterocycles. The lowest BCUT2D eigenvalue weighted by molar-refractivity contribution is -0.384. The molecule has 1 amide bonds. The summed E-state index contributed by atoms with van der Waals surface area (Å²) in [5, 5.41) is 13.4. The molecule has 0 saturated carbocycles. The summed E-state index contributed by atoms with van der Waals surface area (Å²) in [5.41, 5.74) is 3.35. The molecule has 0 unspecified atom stereocenters. The number of nitro benzene ring substituents is 1. The molecule has 0 aromatic heterocycles. The van der Waals surface area contributed by atoms with E-state index in [9.17, 15) is 23.3 Å². The second-order valence-corrected chi connectivity index (χ2v) is 8.79. The van der Waals surface area contributed by atoms with Crippen molar-refractivity contribution in [3.63, 3.8) is 0 Å². The van der Waals surface area contributed by atoms with Gasteiger partial charge in [0.2, 0.25) is 5.91 Å². The number of nitrogens with one attached hydrogen (secondary N) is 2. The first kappa shape index (κ1) is 22.7. The van der Waals surface area contributed by atoms with Gasteiger partial charge in [0.1, 0.15) is 0 Å². The third-order valence-corrected chi connectivity index (χ3v) is 6.10. The molecule has 9 heteroatoms. The highest BCUT2D eigenvalue weighted by molar-refractivity contribution is 7.92. The van der Waals surface area contributed by atoms with Crippen molar-refractivity contribution in [1.29, 1.82) is 0 Å². The number of non-ortho nitro benzene ring substituents is 1. The van der Waals surface area contributed by atoms with Gasteiger partial charge in [-0.1, -0.05) is 18.2 Å². The summed E-state index contributed by atoms with van der Waals surface area (Å²) in [6.45, 7) is 3.84. The SMILES string of the molecule is Cc1ccc(NS(=O)(=O)c2ccc(NC(=O)/C=C/c3cccc([N+](=O)[O-])c3)cc2)cc1C. The molecule has 2 N–H and O–H groups in total. The standard InChI is InChI=1S/C23H21N3O5S/c1-16-6-8-20(14-17(16)2)25-32(30,31)22-11-9-19(10-12-22)24-23(27)13-7-18-4-3-5-21(15-18)26(28)29/h3-15,25H,1-2H3,(H,24,27)/b13-7+. The highest BCUT2D eigenvalue weighted by Crippen LogP contribution is 2.20. The number of anilines is 2. The molecule has 0 bridgehead atoms. The van der Waals surface area contributed by atoms with E-state index in [-0.39, 0.29) is 10.6 Å². The minimum absolute atomic E-state index is 0.0564. The molecule has 0 aliphatic carbocycles.